The lowest BCUT2D eigenvalue weighted by Gasteiger charge is -2.28. The molecule has 2 unspecified atom stereocenters. The topological polar surface area (TPSA) is 50.4 Å². The predicted molar refractivity (Wildman–Crippen MR) is 97.3 cm³/mol. The highest BCUT2D eigenvalue weighted by atomic mass is 16.5. The number of piperidine rings is 1. The summed E-state index contributed by atoms with van der Waals surface area (Å²) >= 11 is 0. The van der Waals surface area contributed by atoms with Gasteiger partial charge in [0.2, 0.25) is 5.91 Å². The standard InChI is InChI=1S/C20H26N2O2/c1-15-14-17(11-12-21-15)22-20(23)10-5-13-24-19-9-4-7-16-6-2-3-8-18(16)19/h2-4,6-9,15,17,21H,5,10-14H2,1H3,(H,22,23). The number of ether oxygens (including phenoxy) is 1. The summed E-state index contributed by atoms with van der Waals surface area (Å²) in [6, 6.07) is 15.1. The van der Waals surface area contributed by atoms with E-state index in [1.807, 2.05) is 24.3 Å². The van der Waals surface area contributed by atoms with Crippen molar-refractivity contribution in [3.63, 3.8) is 0 Å². The minimum Gasteiger partial charge on any atom is -0.493 e. The first-order valence-corrected chi connectivity index (χ1v) is 8.85. The quantitative estimate of drug-likeness (QED) is 0.801. The zero-order chi connectivity index (χ0) is 16.8. The van der Waals surface area contributed by atoms with Gasteiger partial charge in [0.05, 0.1) is 6.61 Å². The first-order chi connectivity index (χ1) is 11.7. The van der Waals surface area contributed by atoms with Gasteiger partial charge in [0.15, 0.2) is 0 Å². The number of fused-ring (bicyclic) bond motifs is 1. The van der Waals surface area contributed by atoms with E-state index in [9.17, 15) is 4.79 Å². The third-order valence-electron chi connectivity index (χ3n) is 4.54. The van der Waals surface area contributed by atoms with Gasteiger partial charge in [-0.1, -0.05) is 36.4 Å². The van der Waals surface area contributed by atoms with E-state index in [1.54, 1.807) is 0 Å². The summed E-state index contributed by atoms with van der Waals surface area (Å²) in [5.74, 6) is 1.02. The molecule has 1 aliphatic heterocycles. The number of carbonyl (C=O) groups is 1. The molecule has 1 aliphatic rings. The summed E-state index contributed by atoms with van der Waals surface area (Å²) in [7, 11) is 0. The second kappa shape index (κ2) is 8.15. The van der Waals surface area contributed by atoms with E-state index in [4.69, 9.17) is 4.74 Å². The van der Waals surface area contributed by atoms with Crippen molar-refractivity contribution >= 4 is 16.7 Å². The molecule has 0 radical (unpaired) electrons. The molecule has 128 valence electrons. The van der Waals surface area contributed by atoms with E-state index in [1.165, 1.54) is 5.39 Å². The van der Waals surface area contributed by atoms with Gasteiger partial charge in [-0.15, -0.1) is 0 Å². The Morgan fingerprint density at radius 2 is 2.08 bits per heavy atom. The van der Waals surface area contributed by atoms with Gasteiger partial charge in [0.1, 0.15) is 5.75 Å². The molecule has 1 heterocycles. The van der Waals surface area contributed by atoms with Crippen LogP contribution in [-0.4, -0.2) is 31.1 Å². The molecule has 0 aliphatic carbocycles. The van der Waals surface area contributed by atoms with Crippen molar-refractivity contribution in [2.24, 2.45) is 0 Å². The molecular weight excluding hydrogens is 300 g/mol. The molecular formula is C20H26N2O2. The lowest BCUT2D eigenvalue weighted by molar-refractivity contribution is -0.122. The van der Waals surface area contributed by atoms with Crippen LogP contribution >= 0.6 is 0 Å². The van der Waals surface area contributed by atoms with Crippen LogP contribution in [0.15, 0.2) is 42.5 Å². The third-order valence-corrected chi connectivity index (χ3v) is 4.54. The molecule has 1 saturated heterocycles. The molecule has 24 heavy (non-hydrogen) atoms. The first kappa shape index (κ1) is 16.8. The summed E-state index contributed by atoms with van der Waals surface area (Å²) in [5, 5.41) is 8.83. The second-order valence-electron chi connectivity index (χ2n) is 6.57. The maximum absolute atomic E-state index is 12.1. The van der Waals surface area contributed by atoms with Crippen LogP contribution in [0.25, 0.3) is 10.8 Å². The maximum atomic E-state index is 12.1. The number of amides is 1. The Hall–Kier alpha value is -2.07. The minimum absolute atomic E-state index is 0.135. The monoisotopic (exact) mass is 326 g/mol. The third kappa shape index (κ3) is 4.48. The average Bonchev–Trinajstić information content (AvgIpc) is 2.59. The van der Waals surface area contributed by atoms with E-state index in [-0.39, 0.29) is 5.91 Å². The smallest absolute Gasteiger partial charge is 0.220 e. The summed E-state index contributed by atoms with van der Waals surface area (Å²) in [6.07, 6.45) is 3.28. The van der Waals surface area contributed by atoms with Gasteiger partial charge in [-0.25, -0.2) is 0 Å². The molecule has 2 N–H and O–H groups in total. The van der Waals surface area contributed by atoms with E-state index >= 15 is 0 Å². The fraction of sp³-hybridized carbons (Fsp3) is 0.450. The van der Waals surface area contributed by atoms with E-state index in [0.717, 1.165) is 36.9 Å². The lowest BCUT2D eigenvalue weighted by atomic mass is 10.0. The van der Waals surface area contributed by atoms with E-state index in [2.05, 4.69) is 35.8 Å². The Morgan fingerprint density at radius 3 is 2.96 bits per heavy atom. The Kier molecular flexibility index (Phi) is 5.70. The van der Waals surface area contributed by atoms with Crippen LogP contribution in [0.1, 0.15) is 32.6 Å². The number of hydrogen-bond donors (Lipinski definition) is 2. The molecule has 2 atom stereocenters. The van der Waals surface area contributed by atoms with Crippen molar-refractivity contribution in [1.29, 1.82) is 0 Å². The highest BCUT2D eigenvalue weighted by molar-refractivity contribution is 5.88. The van der Waals surface area contributed by atoms with Crippen molar-refractivity contribution < 1.29 is 9.53 Å². The molecule has 3 rings (SSSR count). The van der Waals surface area contributed by atoms with Gasteiger partial charge in [-0.3, -0.25) is 4.79 Å². The largest absolute Gasteiger partial charge is 0.493 e. The Morgan fingerprint density at radius 1 is 1.25 bits per heavy atom. The van der Waals surface area contributed by atoms with Gasteiger partial charge in [0, 0.05) is 23.9 Å². The fourth-order valence-electron chi connectivity index (χ4n) is 3.30. The highest BCUT2D eigenvalue weighted by Gasteiger charge is 2.19. The predicted octanol–water partition coefficient (Wildman–Crippen LogP) is 3.26. The summed E-state index contributed by atoms with van der Waals surface area (Å²) in [4.78, 5) is 12.1. The van der Waals surface area contributed by atoms with Crippen molar-refractivity contribution in [2.75, 3.05) is 13.2 Å². The molecule has 4 nitrogen and oxygen atoms in total. The first-order valence-electron chi connectivity index (χ1n) is 8.85. The van der Waals surface area contributed by atoms with Crippen LogP contribution in [0.4, 0.5) is 0 Å². The lowest BCUT2D eigenvalue weighted by Crippen LogP contribution is -2.46. The molecule has 0 bridgehead atoms. The molecule has 0 spiro atoms. The van der Waals surface area contributed by atoms with E-state index < -0.39 is 0 Å². The van der Waals surface area contributed by atoms with Gasteiger partial charge in [-0.2, -0.15) is 0 Å². The Labute approximate surface area is 143 Å². The summed E-state index contributed by atoms with van der Waals surface area (Å²) in [5.41, 5.74) is 0. The molecule has 1 amide bonds. The summed E-state index contributed by atoms with van der Waals surface area (Å²) < 4.78 is 5.89. The molecule has 0 saturated carbocycles. The normalized spacial score (nSPS) is 20.7. The number of carbonyl (C=O) groups excluding carboxylic acids is 1. The molecule has 4 heteroatoms. The maximum Gasteiger partial charge on any atom is 0.220 e. The zero-order valence-electron chi connectivity index (χ0n) is 14.3. The number of benzene rings is 2. The highest BCUT2D eigenvalue weighted by Crippen LogP contribution is 2.25. The van der Waals surface area contributed by atoms with Gasteiger partial charge < -0.3 is 15.4 Å². The van der Waals surface area contributed by atoms with Crippen LogP contribution < -0.4 is 15.4 Å². The van der Waals surface area contributed by atoms with Gasteiger partial charge in [0.25, 0.3) is 0 Å². The average molecular weight is 326 g/mol. The van der Waals surface area contributed by atoms with Crippen molar-refractivity contribution in [1.82, 2.24) is 10.6 Å². The number of hydrogen-bond acceptors (Lipinski definition) is 3. The molecule has 2 aromatic carbocycles. The van der Waals surface area contributed by atoms with Crippen molar-refractivity contribution in [3.05, 3.63) is 42.5 Å². The Balaban J connectivity index is 1.42. The van der Waals surface area contributed by atoms with E-state index in [0.29, 0.717) is 25.1 Å². The molecule has 0 aromatic heterocycles. The van der Waals surface area contributed by atoms with Crippen LogP contribution in [0, 0.1) is 0 Å². The Bertz CT molecular complexity index is 681. The number of nitrogens with one attached hydrogen (secondary N) is 2. The number of rotatable bonds is 6. The van der Waals surface area contributed by atoms with Crippen molar-refractivity contribution in [2.45, 2.75) is 44.7 Å². The van der Waals surface area contributed by atoms with Crippen LogP contribution in [0.5, 0.6) is 5.75 Å². The SMILES string of the molecule is CC1CC(NC(=O)CCCOc2cccc3ccccc23)CCN1. The van der Waals surface area contributed by atoms with Gasteiger partial charge in [-0.05, 0) is 44.2 Å². The fourth-order valence-corrected chi connectivity index (χ4v) is 3.30. The second-order valence-corrected chi connectivity index (χ2v) is 6.57. The molecule has 1 fully saturated rings. The zero-order valence-corrected chi connectivity index (χ0v) is 14.3. The molecule has 2 aromatic rings. The van der Waals surface area contributed by atoms with Gasteiger partial charge >= 0.3 is 0 Å². The summed E-state index contributed by atoms with van der Waals surface area (Å²) in [6.45, 7) is 3.71. The minimum atomic E-state index is 0.135. The van der Waals surface area contributed by atoms with Crippen LogP contribution in [0.3, 0.4) is 0 Å². The van der Waals surface area contributed by atoms with Crippen LogP contribution in [0.2, 0.25) is 0 Å². The van der Waals surface area contributed by atoms with Crippen molar-refractivity contribution in [3.8, 4) is 5.75 Å². The van der Waals surface area contributed by atoms with Crippen LogP contribution in [-0.2, 0) is 4.79 Å².